The summed E-state index contributed by atoms with van der Waals surface area (Å²) in [4.78, 5) is 45.5. The average molecular weight is 635 g/mol. The van der Waals surface area contributed by atoms with Crippen LogP contribution < -0.4 is 25.0 Å². The molecule has 0 radical (unpaired) electrons. The highest BCUT2D eigenvalue weighted by molar-refractivity contribution is 6.00. The Balaban J connectivity index is 1.13. The van der Waals surface area contributed by atoms with Gasteiger partial charge in [0.1, 0.15) is 35.7 Å². The second-order valence-electron chi connectivity index (χ2n) is 10.2. The van der Waals surface area contributed by atoms with Crippen LogP contribution >= 0.6 is 0 Å². The SMILES string of the molecule is O=C(Nc1ccc(Oc2ccnc(C(=O)O)c2)cc1)Nc1cc(C(F)(F)F)ccc1OCC1CCCN1c1ncnc2nc[nH]c12. The minimum Gasteiger partial charge on any atom is -0.489 e. The summed E-state index contributed by atoms with van der Waals surface area (Å²) in [6.07, 6.45) is 1.20. The number of fused-ring (bicyclic) bond motifs is 1. The Morgan fingerprint density at radius 1 is 1.00 bits per heavy atom. The van der Waals surface area contributed by atoms with Crippen molar-refractivity contribution in [2.45, 2.75) is 25.1 Å². The van der Waals surface area contributed by atoms with E-state index in [9.17, 15) is 22.8 Å². The Bertz CT molecular complexity index is 1880. The lowest BCUT2D eigenvalue weighted by Crippen LogP contribution is -2.35. The summed E-state index contributed by atoms with van der Waals surface area (Å²) in [5.74, 6) is 0.102. The number of halogens is 3. The van der Waals surface area contributed by atoms with Crippen LogP contribution in [0, 0.1) is 0 Å². The third-order valence-electron chi connectivity index (χ3n) is 7.14. The number of carbonyl (C=O) groups is 2. The number of aromatic nitrogens is 5. The number of carboxylic acid groups (broad SMARTS) is 1. The van der Waals surface area contributed by atoms with Crippen molar-refractivity contribution in [2.75, 3.05) is 28.7 Å². The molecule has 1 unspecified atom stereocenters. The lowest BCUT2D eigenvalue weighted by atomic mass is 10.1. The predicted octanol–water partition coefficient (Wildman–Crippen LogP) is 5.95. The number of ether oxygens (including phenoxy) is 2. The molecule has 46 heavy (non-hydrogen) atoms. The average Bonchev–Trinajstić information content (AvgIpc) is 3.71. The van der Waals surface area contributed by atoms with Crippen LogP contribution in [-0.4, -0.2) is 61.2 Å². The first-order valence-corrected chi connectivity index (χ1v) is 13.9. The molecule has 236 valence electrons. The number of rotatable bonds is 9. The highest BCUT2D eigenvalue weighted by Crippen LogP contribution is 2.36. The minimum atomic E-state index is -4.65. The number of hydrogen-bond acceptors (Lipinski definition) is 9. The number of H-pyrrole nitrogens is 1. The molecule has 1 fully saturated rings. The first-order chi connectivity index (χ1) is 22.1. The Hall–Kier alpha value is -5.93. The number of hydrogen-bond donors (Lipinski definition) is 4. The molecule has 3 aromatic heterocycles. The standard InChI is InChI=1S/C30H25F3N8O5/c31-30(32,33)17-3-8-24(45-14-19-2-1-11-41(19)27-25-26(36-15-35-25)37-16-38-27)22(12-17)40-29(44)39-18-4-6-20(7-5-18)46-21-9-10-34-23(13-21)28(42)43/h3-10,12-13,15-16,19H,1-2,11,14H2,(H,42,43)(H2,39,40,44)(H,35,36,37,38). The van der Waals surface area contributed by atoms with Crippen molar-refractivity contribution in [1.29, 1.82) is 0 Å². The highest BCUT2D eigenvalue weighted by Gasteiger charge is 2.32. The number of aromatic amines is 1. The van der Waals surface area contributed by atoms with E-state index in [4.69, 9.17) is 14.6 Å². The second kappa shape index (κ2) is 12.6. The van der Waals surface area contributed by atoms with Crippen molar-refractivity contribution in [3.63, 3.8) is 0 Å². The number of urea groups is 1. The number of aromatic carboxylic acids is 1. The molecule has 6 rings (SSSR count). The van der Waals surface area contributed by atoms with Gasteiger partial charge in [0.2, 0.25) is 0 Å². The molecule has 1 saturated heterocycles. The fourth-order valence-corrected chi connectivity index (χ4v) is 4.99. The number of imidazole rings is 1. The molecule has 0 aliphatic carbocycles. The van der Waals surface area contributed by atoms with Gasteiger partial charge in [-0.05, 0) is 61.4 Å². The summed E-state index contributed by atoms with van der Waals surface area (Å²) in [7, 11) is 0. The first kappa shape index (κ1) is 30.1. The number of nitrogens with zero attached hydrogens (tertiary/aromatic N) is 5. The fraction of sp³-hybridized carbons (Fsp3) is 0.200. The van der Waals surface area contributed by atoms with Gasteiger partial charge in [-0.2, -0.15) is 13.2 Å². The number of anilines is 3. The van der Waals surface area contributed by atoms with Crippen molar-refractivity contribution in [2.24, 2.45) is 0 Å². The van der Waals surface area contributed by atoms with Crippen LogP contribution in [0.15, 0.2) is 73.4 Å². The molecular weight excluding hydrogens is 609 g/mol. The maximum Gasteiger partial charge on any atom is 0.416 e. The second-order valence-corrected chi connectivity index (χ2v) is 10.2. The summed E-state index contributed by atoms with van der Waals surface area (Å²) in [6.45, 7) is 0.809. The third kappa shape index (κ3) is 6.74. The molecule has 4 N–H and O–H groups in total. The number of carboxylic acids is 1. The lowest BCUT2D eigenvalue weighted by molar-refractivity contribution is -0.137. The summed E-state index contributed by atoms with van der Waals surface area (Å²) < 4.78 is 52.4. The van der Waals surface area contributed by atoms with Gasteiger partial charge < -0.3 is 35.1 Å². The molecule has 0 spiro atoms. The smallest absolute Gasteiger partial charge is 0.416 e. The van der Waals surface area contributed by atoms with Gasteiger partial charge in [-0.3, -0.25) is 0 Å². The van der Waals surface area contributed by atoms with Gasteiger partial charge in [-0.1, -0.05) is 0 Å². The molecule has 2 amide bonds. The number of amides is 2. The maximum atomic E-state index is 13.6. The molecule has 5 aromatic rings. The minimum absolute atomic E-state index is 0.0613. The Morgan fingerprint density at radius 2 is 1.83 bits per heavy atom. The van der Waals surface area contributed by atoms with Gasteiger partial charge in [0.25, 0.3) is 0 Å². The van der Waals surface area contributed by atoms with Crippen molar-refractivity contribution in [3.8, 4) is 17.2 Å². The Labute approximate surface area is 258 Å². The molecule has 0 saturated carbocycles. The number of pyridine rings is 1. The molecule has 4 heterocycles. The van der Waals surface area contributed by atoms with Crippen LogP contribution in [0.25, 0.3) is 11.2 Å². The zero-order valence-electron chi connectivity index (χ0n) is 23.8. The van der Waals surface area contributed by atoms with Gasteiger partial charge in [0.15, 0.2) is 17.2 Å². The summed E-state index contributed by atoms with van der Waals surface area (Å²) in [5, 5.41) is 14.1. The summed E-state index contributed by atoms with van der Waals surface area (Å²) in [5.41, 5.74) is 0.198. The van der Waals surface area contributed by atoms with Crippen LogP contribution in [0.3, 0.4) is 0 Å². The van der Waals surface area contributed by atoms with Gasteiger partial charge >= 0.3 is 18.2 Å². The normalized spacial score (nSPS) is 14.7. The predicted molar refractivity (Wildman–Crippen MR) is 159 cm³/mol. The van der Waals surface area contributed by atoms with E-state index in [0.717, 1.165) is 25.0 Å². The van der Waals surface area contributed by atoms with Gasteiger partial charge in [0.05, 0.1) is 23.6 Å². The van der Waals surface area contributed by atoms with Crippen LogP contribution in [0.5, 0.6) is 17.2 Å². The molecule has 1 aliphatic heterocycles. The number of nitrogens with one attached hydrogen (secondary N) is 3. The van der Waals surface area contributed by atoms with Crippen LogP contribution in [0.4, 0.5) is 35.2 Å². The number of alkyl halides is 3. The molecule has 1 aliphatic rings. The van der Waals surface area contributed by atoms with Crippen LogP contribution in [-0.2, 0) is 6.18 Å². The van der Waals surface area contributed by atoms with E-state index >= 15 is 0 Å². The summed E-state index contributed by atoms with van der Waals surface area (Å²) >= 11 is 0. The molecule has 16 heteroatoms. The van der Waals surface area contributed by atoms with Crippen molar-refractivity contribution in [3.05, 3.63) is 84.7 Å². The van der Waals surface area contributed by atoms with Crippen LogP contribution in [0.2, 0.25) is 0 Å². The fourth-order valence-electron chi connectivity index (χ4n) is 4.99. The van der Waals surface area contributed by atoms with Gasteiger partial charge in [-0.25, -0.2) is 29.5 Å². The number of carbonyl (C=O) groups excluding carboxylic acids is 1. The lowest BCUT2D eigenvalue weighted by Gasteiger charge is -2.26. The van der Waals surface area contributed by atoms with E-state index in [1.165, 1.54) is 61.3 Å². The van der Waals surface area contributed by atoms with E-state index < -0.39 is 23.7 Å². The summed E-state index contributed by atoms with van der Waals surface area (Å²) in [6, 6.07) is 10.8. The van der Waals surface area contributed by atoms with Gasteiger partial charge in [-0.15, -0.1) is 0 Å². The van der Waals surface area contributed by atoms with E-state index in [-0.39, 0.29) is 35.5 Å². The van der Waals surface area contributed by atoms with E-state index in [2.05, 4.69) is 35.6 Å². The number of benzene rings is 2. The molecule has 1 atom stereocenters. The molecular formula is C30H25F3N8O5. The monoisotopic (exact) mass is 634 g/mol. The first-order valence-electron chi connectivity index (χ1n) is 13.9. The van der Waals surface area contributed by atoms with E-state index in [0.29, 0.717) is 35.0 Å². The largest absolute Gasteiger partial charge is 0.489 e. The van der Waals surface area contributed by atoms with E-state index in [1.807, 2.05) is 4.90 Å². The van der Waals surface area contributed by atoms with E-state index in [1.54, 1.807) is 0 Å². The molecule has 13 nitrogen and oxygen atoms in total. The van der Waals surface area contributed by atoms with Crippen molar-refractivity contribution < 1.29 is 37.3 Å². The van der Waals surface area contributed by atoms with Crippen LogP contribution in [0.1, 0.15) is 28.9 Å². The van der Waals surface area contributed by atoms with Crippen molar-refractivity contribution in [1.82, 2.24) is 24.9 Å². The quantitative estimate of drug-likeness (QED) is 0.152. The Morgan fingerprint density at radius 3 is 2.61 bits per heavy atom. The zero-order chi connectivity index (χ0) is 32.3. The Kier molecular flexibility index (Phi) is 8.24. The van der Waals surface area contributed by atoms with Crippen molar-refractivity contribution >= 4 is 40.4 Å². The van der Waals surface area contributed by atoms with Gasteiger partial charge in [0, 0.05) is 24.5 Å². The third-order valence-corrected chi connectivity index (χ3v) is 7.14. The topological polar surface area (TPSA) is 167 Å². The maximum absolute atomic E-state index is 13.6. The zero-order valence-corrected chi connectivity index (χ0v) is 23.8. The highest BCUT2D eigenvalue weighted by atomic mass is 19.4. The molecule has 2 aromatic carbocycles. The molecule has 0 bridgehead atoms.